The van der Waals surface area contributed by atoms with Crippen LogP contribution in [-0.2, 0) is 16.2 Å². The fourth-order valence-electron chi connectivity index (χ4n) is 2.39. The first-order valence-electron chi connectivity index (χ1n) is 8.02. The standard InChI is InChI=1S/C19H19NO5/c21-17(20-19(10-11-19)18(22)23)13-25-16-9-5-4-8-15(16)24-12-14-6-2-1-3-7-14/h1-9H,10-13H2,(H,20,21)(H,22,23). The van der Waals surface area contributed by atoms with E-state index in [4.69, 9.17) is 14.6 Å². The number of aliphatic carboxylic acids is 1. The molecule has 0 radical (unpaired) electrons. The molecule has 25 heavy (non-hydrogen) atoms. The highest BCUT2D eigenvalue weighted by Crippen LogP contribution is 2.35. The summed E-state index contributed by atoms with van der Waals surface area (Å²) >= 11 is 0. The molecule has 0 aliphatic heterocycles. The van der Waals surface area contributed by atoms with E-state index in [2.05, 4.69) is 5.32 Å². The van der Waals surface area contributed by atoms with Gasteiger partial charge in [-0.25, -0.2) is 4.79 Å². The van der Waals surface area contributed by atoms with Crippen LogP contribution in [0.25, 0.3) is 0 Å². The Hall–Kier alpha value is -3.02. The number of para-hydroxylation sites is 2. The van der Waals surface area contributed by atoms with Crippen LogP contribution in [0.4, 0.5) is 0 Å². The van der Waals surface area contributed by atoms with E-state index in [0.717, 1.165) is 5.56 Å². The van der Waals surface area contributed by atoms with Gasteiger partial charge in [0.1, 0.15) is 12.1 Å². The molecule has 2 N–H and O–H groups in total. The summed E-state index contributed by atoms with van der Waals surface area (Å²) < 4.78 is 11.3. The Kier molecular flexibility index (Phi) is 4.88. The van der Waals surface area contributed by atoms with Crippen LogP contribution in [0.2, 0.25) is 0 Å². The van der Waals surface area contributed by atoms with E-state index in [1.807, 2.05) is 36.4 Å². The van der Waals surface area contributed by atoms with Crippen LogP contribution in [0.3, 0.4) is 0 Å². The summed E-state index contributed by atoms with van der Waals surface area (Å²) in [5.74, 6) is -0.502. The largest absolute Gasteiger partial charge is 0.485 e. The molecular weight excluding hydrogens is 322 g/mol. The van der Waals surface area contributed by atoms with Crippen molar-refractivity contribution in [3.05, 3.63) is 60.2 Å². The molecule has 1 aliphatic carbocycles. The fourth-order valence-corrected chi connectivity index (χ4v) is 2.39. The Labute approximate surface area is 145 Å². The number of amides is 1. The molecule has 0 unspecified atom stereocenters. The van der Waals surface area contributed by atoms with E-state index in [1.165, 1.54) is 0 Å². The number of nitrogens with one attached hydrogen (secondary N) is 1. The summed E-state index contributed by atoms with van der Waals surface area (Å²) in [7, 11) is 0. The molecule has 0 heterocycles. The fraction of sp³-hybridized carbons (Fsp3) is 0.263. The molecule has 130 valence electrons. The van der Waals surface area contributed by atoms with E-state index in [1.54, 1.807) is 18.2 Å². The number of rotatable bonds is 8. The summed E-state index contributed by atoms with van der Waals surface area (Å²) in [4.78, 5) is 23.0. The first kappa shape index (κ1) is 16.8. The van der Waals surface area contributed by atoms with Gasteiger partial charge in [0.25, 0.3) is 5.91 Å². The van der Waals surface area contributed by atoms with Crippen molar-refractivity contribution in [1.29, 1.82) is 0 Å². The third-order valence-corrected chi connectivity index (χ3v) is 3.98. The van der Waals surface area contributed by atoms with Crippen molar-refractivity contribution in [1.82, 2.24) is 5.32 Å². The molecule has 6 nitrogen and oxygen atoms in total. The Balaban J connectivity index is 1.56. The van der Waals surface area contributed by atoms with Gasteiger partial charge in [-0.15, -0.1) is 0 Å². The van der Waals surface area contributed by atoms with Crippen LogP contribution >= 0.6 is 0 Å². The molecule has 0 aromatic heterocycles. The van der Waals surface area contributed by atoms with Crippen molar-refractivity contribution in [3.8, 4) is 11.5 Å². The Morgan fingerprint density at radius 2 is 1.56 bits per heavy atom. The van der Waals surface area contributed by atoms with E-state index in [-0.39, 0.29) is 6.61 Å². The van der Waals surface area contributed by atoms with Crippen LogP contribution in [0.5, 0.6) is 11.5 Å². The van der Waals surface area contributed by atoms with Crippen LogP contribution in [0.1, 0.15) is 18.4 Å². The van der Waals surface area contributed by atoms with E-state index >= 15 is 0 Å². The molecule has 2 aromatic carbocycles. The lowest BCUT2D eigenvalue weighted by Crippen LogP contribution is -2.45. The van der Waals surface area contributed by atoms with Crippen LogP contribution in [0.15, 0.2) is 54.6 Å². The second-order valence-electron chi connectivity index (χ2n) is 5.95. The number of hydrogen-bond donors (Lipinski definition) is 2. The van der Waals surface area contributed by atoms with Crippen molar-refractivity contribution in [3.63, 3.8) is 0 Å². The van der Waals surface area contributed by atoms with Crippen LogP contribution in [-0.4, -0.2) is 29.1 Å². The number of ether oxygens (including phenoxy) is 2. The maximum atomic E-state index is 11.9. The Bertz CT molecular complexity index is 755. The summed E-state index contributed by atoms with van der Waals surface area (Å²) in [6.45, 7) is 0.121. The van der Waals surface area contributed by atoms with Crippen molar-refractivity contribution in [2.24, 2.45) is 0 Å². The molecule has 1 amide bonds. The van der Waals surface area contributed by atoms with E-state index < -0.39 is 17.4 Å². The van der Waals surface area contributed by atoms with Gasteiger partial charge < -0.3 is 19.9 Å². The van der Waals surface area contributed by atoms with Gasteiger partial charge in [-0.05, 0) is 30.5 Å². The highest BCUT2D eigenvalue weighted by atomic mass is 16.5. The van der Waals surface area contributed by atoms with Gasteiger partial charge in [-0.3, -0.25) is 4.79 Å². The highest BCUT2D eigenvalue weighted by Gasteiger charge is 2.51. The smallest absolute Gasteiger partial charge is 0.329 e. The van der Waals surface area contributed by atoms with Crippen molar-refractivity contribution < 1.29 is 24.2 Å². The molecule has 6 heteroatoms. The molecule has 1 fully saturated rings. The van der Waals surface area contributed by atoms with E-state index in [0.29, 0.717) is 30.9 Å². The normalized spacial score (nSPS) is 14.4. The van der Waals surface area contributed by atoms with Crippen LogP contribution < -0.4 is 14.8 Å². The monoisotopic (exact) mass is 341 g/mol. The van der Waals surface area contributed by atoms with Gasteiger partial charge in [-0.2, -0.15) is 0 Å². The number of carboxylic acid groups (broad SMARTS) is 1. The second kappa shape index (κ2) is 7.25. The zero-order valence-electron chi connectivity index (χ0n) is 13.6. The molecular formula is C19H19NO5. The molecule has 0 saturated heterocycles. The maximum Gasteiger partial charge on any atom is 0.329 e. The van der Waals surface area contributed by atoms with Gasteiger partial charge in [0.15, 0.2) is 18.1 Å². The number of carbonyl (C=O) groups is 2. The number of benzene rings is 2. The lowest BCUT2D eigenvalue weighted by molar-refractivity contribution is -0.143. The minimum atomic E-state index is -1.11. The molecule has 3 rings (SSSR count). The topological polar surface area (TPSA) is 84.9 Å². The first-order chi connectivity index (χ1) is 12.1. The van der Waals surface area contributed by atoms with E-state index in [9.17, 15) is 9.59 Å². The predicted octanol–water partition coefficient (Wildman–Crippen LogP) is 2.38. The Morgan fingerprint density at radius 3 is 2.16 bits per heavy atom. The zero-order chi connectivity index (χ0) is 17.7. The summed E-state index contributed by atoms with van der Waals surface area (Å²) in [5, 5.41) is 11.6. The lowest BCUT2D eigenvalue weighted by atomic mass is 10.2. The predicted molar refractivity (Wildman–Crippen MR) is 90.5 cm³/mol. The van der Waals surface area contributed by atoms with Crippen molar-refractivity contribution >= 4 is 11.9 Å². The number of hydrogen-bond acceptors (Lipinski definition) is 4. The second-order valence-corrected chi connectivity index (χ2v) is 5.95. The van der Waals surface area contributed by atoms with Crippen LogP contribution in [0, 0.1) is 0 Å². The Morgan fingerprint density at radius 1 is 0.960 bits per heavy atom. The lowest BCUT2D eigenvalue weighted by Gasteiger charge is -2.15. The quantitative estimate of drug-likeness (QED) is 0.770. The summed E-state index contributed by atoms with van der Waals surface area (Å²) in [6.07, 6.45) is 0.899. The third kappa shape index (κ3) is 4.29. The van der Waals surface area contributed by atoms with Crippen molar-refractivity contribution in [2.75, 3.05) is 6.61 Å². The van der Waals surface area contributed by atoms with Gasteiger partial charge in [0.05, 0.1) is 0 Å². The molecule has 0 atom stereocenters. The minimum Gasteiger partial charge on any atom is -0.485 e. The average Bonchev–Trinajstić information content (AvgIpc) is 3.40. The van der Waals surface area contributed by atoms with Gasteiger partial charge >= 0.3 is 5.97 Å². The highest BCUT2D eigenvalue weighted by molar-refractivity contribution is 5.90. The average molecular weight is 341 g/mol. The SMILES string of the molecule is O=C(COc1ccccc1OCc1ccccc1)NC1(C(=O)O)CC1. The maximum absolute atomic E-state index is 11.9. The summed E-state index contributed by atoms with van der Waals surface area (Å²) in [6, 6.07) is 16.8. The molecule has 2 aromatic rings. The van der Waals surface area contributed by atoms with Gasteiger partial charge in [0.2, 0.25) is 0 Å². The zero-order valence-corrected chi connectivity index (χ0v) is 13.6. The van der Waals surface area contributed by atoms with Crippen molar-refractivity contribution in [2.45, 2.75) is 25.0 Å². The number of carboxylic acids is 1. The molecule has 0 bridgehead atoms. The minimum absolute atomic E-state index is 0.263. The number of carbonyl (C=O) groups excluding carboxylic acids is 1. The first-order valence-corrected chi connectivity index (χ1v) is 8.02. The summed E-state index contributed by atoms with van der Waals surface area (Å²) in [5.41, 5.74) is -0.0868. The molecule has 1 saturated carbocycles. The third-order valence-electron chi connectivity index (χ3n) is 3.98. The molecule has 0 spiro atoms. The molecule has 1 aliphatic rings. The van der Waals surface area contributed by atoms with Gasteiger partial charge in [-0.1, -0.05) is 42.5 Å². The van der Waals surface area contributed by atoms with Gasteiger partial charge in [0, 0.05) is 0 Å².